The summed E-state index contributed by atoms with van der Waals surface area (Å²) in [4.78, 5) is 6.69. The lowest BCUT2D eigenvalue weighted by Crippen LogP contribution is -2.44. The Morgan fingerprint density at radius 2 is 2.00 bits per heavy atom. The summed E-state index contributed by atoms with van der Waals surface area (Å²) in [6, 6.07) is 0.801. The van der Waals surface area contributed by atoms with Crippen LogP contribution in [-0.2, 0) is 0 Å². The molecule has 0 aromatic heterocycles. The highest BCUT2D eigenvalue weighted by atomic mass is 15.2. The molecule has 4 heteroatoms. The van der Waals surface area contributed by atoms with Crippen LogP contribution in [0.4, 0.5) is 0 Å². The summed E-state index contributed by atoms with van der Waals surface area (Å²) < 4.78 is 0. The summed E-state index contributed by atoms with van der Waals surface area (Å²) in [6.45, 7) is 3.10. The monoisotopic (exact) mass is 226 g/mol. The first-order valence-corrected chi connectivity index (χ1v) is 6.32. The van der Waals surface area contributed by atoms with Crippen molar-refractivity contribution in [2.45, 2.75) is 51.1 Å². The first-order valence-electron chi connectivity index (χ1n) is 6.32. The van der Waals surface area contributed by atoms with Gasteiger partial charge in [-0.05, 0) is 33.9 Å². The molecule has 0 aromatic carbocycles. The normalized spacial score (nSPS) is 21.1. The van der Waals surface area contributed by atoms with Crippen LogP contribution in [0, 0.1) is 0 Å². The topological polar surface area (TPSA) is 53.6 Å². The van der Waals surface area contributed by atoms with E-state index in [2.05, 4.69) is 36.2 Å². The van der Waals surface area contributed by atoms with Gasteiger partial charge in [-0.2, -0.15) is 0 Å². The molecule has 0 saturated heterocycles. The number of rotatable bonds is 4. The molecule has 1 atom stereocenters. The Balaban J connectivity index is 2.31. The van der Waals surface area contributed by atoms with Crippen LogP contribution in [0.5, 0.6) is 0 Å². The Hall–Kier alpha value is -0.770. The van der Waals surface area contributed by atoms with Crippen LogP contribution >= 0.6 is 0 Å². The molecule has 0 aliphatic heterocycles. The van der Waals surface area contributed by atoms with Crippen LogP contribution in [-0.4, -0.2) is 43.6 Å². The zero-order valence-corrected chi connectivity index (χ0v) is 10.9. The van der Waals surface area contributed by atoms with E-state index in [1.54, 1.807) is 0 Å². The Morgan fingerprint density at radius 1 is 1.38 bits per heavy atom. The molecule has 1 rings (SSSR count). The maximum absolute atomic E-state index is 5.90. The number of guanidine groups is 1. The smallest absolute Gasteiger partial charge is 0.189 e. The molecule has 1 unspecified atom stereocenters. The Labute approximate surface area is 99.3 Å². The molecule has 0 radical (unpaired) electrons. The number of likely N-dealkylation sites (N-methyl/N-ethyl adjacent to an activating group) is 1. The minimum atomic E-state index is 0.349. The predicted molar refractivity (Wildman–Crippen MR) is 69.6 cm³/mol. The molecule has 0 heterocycles. The second-order valence-electron chi connectivity index (χ2n) is 5.11. The second kappa shape index (κ2) is 6.74. The summed E-state index contributed by atoms with van der Waals surface area (Å²) in [5, 5.41) is 3.24. The van der Waals surface area contributed by atoms with Gasteiger partial charge in [0, 0.05) is 12.6 Å². The molecule has 1 saturated carbocycles. The van der Waals surface area contributed by atoms with Crippen molar-refractivity contribution in [3.05, 3.63) is 0 Å². The van der Waals surface area contributed by atoms with Gasteiger partial charge in [0.25, 0.3) is 0 Å². The summed E-state index contributed by atoms with van der Waals surface area (Å²) >= 11 is 0. The summed E-state index contributed by atoms with van der Waals surface area (Å²) in [5.41, 5.74) is 5.90. The fourth-order valence-corrected chi connectivity index (χ4v) is 2.29. The van der Waals surface area contributed by atoms with Gasteiger partial charge >= 0.3 is 0 Å². The van der Waals surface area contributed by atoms with Gasteiger partial charge in [0.1, 0.15) is 0 Å². The van der Waals surface area contributed by atoms with Crippen LogP contribution in [0.2, 0.25) is 0 Å². The van der Waals surface area contributed by atoms with Crippen molar-refractivity contribution < 1.29 is 0 Å². The maximum atomic E-state index is 5.90. The van der Waals surface area contributed by atoms with E-state index in [9.17, 15) is 0 Å². The van der Waals surface area contributed by atoms with E-state index in [1.165, 1.54) is 32.1 Å². The molecule has 1 aliphatic rings. The third-order valence-electron chi connectivity index (χ3n) is 2.93. The quantitative estimate of drug-likeness (QED) is 0.559. The van der Waals surface area contributed by atoms with E-state index in [0.29, 0.717) is 18.0 Å². The van der Waals surface area contributed by atoms with Crippen molar-refractivity contribution in [3.8, 4) is 0 Å². The number of hydrogen-bond acceptors (Lipinski definition) is 2. The fourth-order valence-electron chi connectivity index (χ4n) is 2.29. The van der Waals surface area contributed by atoms with Crippen LogP contribution in [0.3, 0.4) is 0 Å². The molecular weight excluding hydrogens is 200 g/mol. The van der Waals surface area contributed by atoms with Crippen molar-refractivity contribution in [2.75, 3.05) is 20.6 Å². The lowest BCUT2D eigenvalue weighted by Gasteiger charge is -2.21. The molecule has 1 fully saturated rings. The van der Waals surface area contributed by atoms with Crippen molar-refractivity contribution in [1.29, 1.82) is 0 Å². The zero-order chi connectivity index (χ0) is 12.0. The summed E-state index contributed by atoms with van der Waals surface area (Å²) in [5.74, 6) is 0.612. The molecule has 3 N–H and O–H groups in total. The average molecular weight is 226 g/mol. The predicted octanol–water partition coefficient (Wildman–Crippen LogP) is 1.17. The van der Waals surface area contributed by atoms with Crippen LogP contribution in [0.15, 0.2) is 4.99 Å². The van der Waals surface area contributed by atoms with E-state index >= 15 is 0 Å². The Morgan fingerprint density at radius 3 is 2.56 bits per heavy atom. The van der Waals surface area contributed by atoms with Gasteiger partial charge in [-0.15, -0.1) is 0 Å². The van der Waals surface area contributed by atoms with Crippen molar-refractivity contribution in [1.82, 2.24) is 10.2 Å². The lowest BCUT2D eigenvalue weighted by molar-refractivity contribution is 0.368. The van der Waals surface area contributed by atoms with Gasteiger partial charge < -0.3 is 16.0 Å². The SMILES string of the molecule is CC(CN(C)C)NC(N)=NC1CCCCC1. The average Bonchev–Trinajstić information content (AvgIpc) is 2.17. The molecule has 4 nitrogen and oxygen atoms in total. The standard InChI is InChI=1S/C12H26N4/c1-10(9-16(2)3)14-12(13)15-11-7-5-4-6-8-11/h10-11H,4-9H2,1-3H3,(H3,13,14,15). The number of nitrogens with one attached hydrogen (secondary N) is 1. The van der Waals surface area contributed by atoms with Crippen molar-refractivity contribution in [2.24, 2.45) is 10.7 Å². The first-order chi connectivity index (χ1) is 7.58. The zero-order valence-electron chi connectivity index (χ0n) is 10.9. The van der Waals surface area contributed by atoms with E-state index < -0.39 is 0 Å². The lowest BCUT2D eigenvalue weighted by atomic mass is 9.96. The van der Waals surface area contributed by atoms with E-state index in [1.807, 2.05) is 0 Å². The van der Waals surface area contributed by atoms with Gasteiger partial charge in [-0.3, -0.25) is 4.99 Å². The Kier molecular flexibility index (Phi) is 5.60. The van der Waals surface area contributed by atoms with Gasteiger partial charge in [-0.25, -0.2) is 0 Å². The molecular formula is C12H26N4. The van der Waals surface area contributed by atoms with Crippen LogP contribution < -0.4 is 11.1 Å². The second-order valence-corrected chi connectivity index (χ2v) is 5.11. The largest absolute Gasteiger partial charge is 0.370 e. The highest BCUT2D eigenvalue weighted by Crippen LogP contribution is 2.19. The van der Waals surface area contributed by atoms with E-state index in [4.69, 9.17) is 5.73 Å². The first kappa shape index (κ1) is 13.3. The fraction of sp³-hybridized carbons (Fsp3) is 0.917. The molecule has 0 spiro atoms. The van der Waals surface area contributed by atoms with Crippen LogP contribution in [0.25, 0.3) is 0 Å². The molecule has 0 aromatic rings. The van der Waals surface area contributed by atoms with Gasteiger partial charge in [-0.1, -0.05) is 19.3 Å². The van der Waals surface area contributed by atoms with Crippen LogP contribution in [0.1, 0.15) is 39.0 Å². The highest BCUT2D eigenvalue weighted by Gasteiger charge is 2.13. The molecule has 94 valence electrons. The third-order valence-corrected chi connectivity index (χ3v) is 2.93. The molecule has 0 amide bonds. The number of nitrogens with zero attached hydrogens (tertiary/aromatic N) is 2. The van der Waals surface area contributed by atoms with Crippen molar-refractivity contribution in [3.63, 3.8) is 0 Å². The van der Waals surface area contributed by atoms with E-state index in [0.717, 1.165) is 6.54 Å². The minimum absolute atomic E-state index is 0.349. The minimum Gasteiger partial charge on any atom is -0.370 e. The number of aliphatic imine (C=N–C) groups is 1. The van der Waals surface area contributed by atoms with Crippen molar-refractivity contribution >= 4 is 5.96 Å². The summed E-state index contributed by atoms with van der Waals surface area (Å²) in [6.07, 6.45) is 6.36. The molecule has 1 aliphatic carbocycles. The maximum Gasteiger partial charge on any atom is 0.189 e. The molecule has 0 bridgehead atoms. The third kappa shape index (κ3) is 5.35. The van der Waals surface area contributed by atoms with E-state index in [-0.39, 0.29) is 0 Å². The highest BCUT2D eigenvalue weighted by molar-refractivity contribution is 5.78. The van der Waals surface area contributed by atoms with Gasteiger partial charge in [0.15, 0.2) is 5.96 Å². The van der Waals surface area contributed by atoms with Gasteiger partial charge in [0.2, 0.25) is 0 Å². The molecule has 16 heavy (non-hydrogen) atoms. The number of nitrogens with two attached hydrogens (primary N) is 1. The van der Waals surface area contributed by atoms with Gasteiger partial charge in [0.05, 0.1) is 6.04 Å². The summed E-state index contributed by atoms with van der Waals surface area (Å²) in [7, 11) is 4.12. The number of hydrogen-bond donors (Lipinski definition) is 2. The Bertz CT molecular complexity index is 219.